The highest BCUT2D eigenvalue weighted by Crippen LogP contribution is 2.37. The number of halogens is 1. The molecule has 0 spiro atoms. The first-order valence-electron chi connectivity index (χ1n) is 12.9. The smallest absolute Gasteiger partial charge is 0.146 e. The quantitative estimate of drug-likeness (QED) is 0.324. The van der Waals surface area contributed by atoms with Crippen LogP contribution in [0.25, 0.3) is 22.4 Å². The van der Waals surface area contributed by atoms with Gasteiger partial charge in [-0.25, -0.2) is 9.37 Å². The molecule has 0 radical (unpaired) electrons. The van der Waals surface area contributed by atoms with Crippen LogP contribution in [0.5, 0.6) is 0 Å². The fourth-order valence-corrected chi connectivity index (χ4v) is 5.29. The summed E-state index contributed by atoms with van der Waals surface area (Å²) in [5, 5.41) is 16.7. The van der Waals surface area contributed by atoms with Gasteiger partial charge < -0.3 is 4.90 Å². The monoisotopic (exact) mass is 515 g/mol. The van der Waals surface area contributed by atoms with Crippen molar-refractivity contribution in [2.75, 3.05) is 31.1 Å². The molecule has 39 heavy (non-hydrogen) atoms. The third kappa shape index (κ3) is 4.88. The Balaban J connectivity index is 1.38. The lowest BCUT2D eigenvalue weighted by Gasteiger charge is -2.40. The summed E-state index contributed by atoms with van der Waals surface area (Å²) < 4.78 is 15.1. The number of anilines is 1. The number of hydrogen-bond donors (Lipinski definition) is 1. The highest BCUT2D eigenvalue weighted by molar-refractivity contribution is 5.81. The highest BCUT2D eigenvalue weighted by atomic mass is 19.1. The molecule has 1 fully saturated rings. The maximum atomic E-state index is 15.1. The highest BCUT2D eigenvalue weighted by Gasteiger charge is 2.29. The van der Waals surface area contributed by atoms with Crippen LogP contribution in [0.15, 0.2) is 97.6 Å². The van der Waals surface area contributed by atoms with Crippen LogP contribution in [0.3, 0.4) is 0 Å². The molecular weight excluding hydrogens is 489 g/mol. The Morgan fingerprint density at radius 2 is 1.64 bits per heavy atom. The molecule has 1 aliphatic heterocycles. The van der Waals surface area contributed by atoms with Gasteiger partial charge in [0.15, 0.2) is 0 Å². The van der Waals surface area contributed by atoms with E-state index in [2.05, 4.69) is 37.1 Å². The van der Waals surface area contributed by atoms with E-state index in [1.807, 2.05) is 55.0 Å². The Labute approximate surface area is 226 Å². The van der Waals surface area contributed by atoms with Crippen LogP contribution >= 0.6 is 0 Å². The molecule has 0 saturated carbocycles. The minimum atomic E-state index is -0.286. The van der Waals surface area contributed by atoms with Gasteiger partial charge in [-0.1, -0.05) is 48.5 Å². The van der Waals surface area contributed by atoms with Gasteiger partial charge in [0.05, 0.1) is 23.5 Å². The van der Waals surface area contributed by atoms with Gasteiger partial charge in [0, 0.05) is 67.0 Å². The SMILES string of the molecule is N#Cc1cccnc1N1CCN(C(c2cn[nH]c2)c2cnc(-c3ccccc3)c(-c3ccccc3F)c2)CC1. The van der Waals surface area contributed by atoms with Crippen molar-refractivity contribution in [1.29, 1.82) is 5.26 Å². The molecule has 3 aromatic heterocycles. The number of H-pyrrole nitrogens is 1. The summed E-state index contributed by atoms with van der Waals surface area (Å²) >= 11 is 0. The first kappa shape index (κ1) is 24.5. The maximum Gasteiger partial charge on any atom is 0.146 e. The number of rotatable bonds is 6. The van der Waals surface area contributed by atoms with Crippen LogP contribution in [0.2, 0.25) is 0 Å². The Morgan fingerprint density at radius 3 is 2.38 bits per heavy atom. The third-order valence-electron chi connectivity index (χ3n) is 7.16. The van der Waals surface area contributed by atoms with E-state index < -0.39 is 0 Å². The topological polar surface area (TPSA) is 84.7 Å². The summed E-state index contributed by atoms with van der Waals surface area (Å²) in [6, 6.07) is 24.5. The molecule has 1 aliphatic rings. The number of nitrogens with zero attached hydrogens (tertiary/aromatic N) is 6. The average Bonchev–Trinajstić information content (AvgIpc) is 3.53. The van der Waals surface area contributed by atoms with Crippen molar-refractivity contribution in [3.8, 4) is 28.5 Å². The van der Waals surface area contributed by atoms with E-state index in [0.29, 0.717) is 11.1 Å². The molecule has 0 amide bonds. The molecule has 1 atom stereocenters. The summed E-state index contributed by atoms with van der Waals surface area (Å²) in [5.74, 6) is 0.431. The van der Waals surface area contributed by atoms with E-state index in [4.69, 9.17) is 4.98 Å². The molecule has 5 aromatic rings. The summed E-state index contributed by atoms with van der Waals surface area (Å²) in [7, 11) is 0. The van der Waals surface area contributed by atoms with Gasteiger partial charge in [0.25, 0.3) is 0 Å². The molecule has 7 nitrogen and oxygen atoms in total. The van der Waals surface area contributed by atoms with Gasteiger partial charge in [0.2, 0.25) is 0 Å². The molecule has 2 aromatic carbocycles. The zero-order chi connectivity index (χ0) is 26.6. The molecule has 1 N–H and O–H groups in total. The van der Waals surface area contributed by atoms with Gasteiger partial charge >= 0.3 is 0 Å². The van der Waals surface area contributed by atoms with Crippen molar-refractivity contribution in [3.05, 3.63) is 120 Å². The van der Waals surface area contributed by atoms with Gasteiger partial charge in [0.1, 0.15) is 17.7 Å². The molecular formula is C31H26FN7. The van der Waals surface area contributed by atoms with Crippen molar-refractivity contribution in [1.82, 2.24) is 25.1 Å². The first-order chi connectivity index (χ1) is 19.2. The van der Waals surface area contributed by atoms with E-state index in [0.717, 1.165) is 59.9 Å². The van der Waals surface area contributed by atoms with Crippen LogP contribution in [0.4, 0.5) is 10.2 Å². The minimum absolute atomic E-state index is 0.132. The Bertz CT molecular complexity index is 1600. The molecule has 1 saturated heterocycles. The zero-order valence-electron chi connectivity index (χ0n) is 21.2. The third-order valence-corrected chi connectivity index (χ3v) is 7.16. The van der Waals surface area contributed by atoms with E-state index in [9.17, 15) is 5.26 Å². The van der Waals surface area contributed by atoms with E-state index in [1.54, 1.807) is 30.5 Å². The number of benzene rings is 2. The number of pyridine rings is 2. The van der Waals surface area contributed by atoms with Crippen molar-refractivity contribution < 1.29 is 4.39 Å². The zero-order valence-corrected chi connectivity index (χ0v) is 21.2. The second kappa shape index (κ2) is 10.9. The van der Waals surface area contributed by atoms with Crippen LogP contribution < -0.4 is 4.90 Å². The molecule has 6 rings (SSSR count). The average molecular weight is 516 g/mol. The first-order valence-corrected chi connectivity index (χ1v) is 12.9. The molecule has 0 bridgehead atoms. The maximum absolute atomic E-state index is 15.1. The van der Waals surface area contributed by atoms with Gasteiger partial charge in [-0.3, -0.25) is 15.0 Å². The summed E-state index contributed by atoms with van der Waals surface area (Å²) in [4.78, 5) is 13.9. The Morgan fingerprint density at radius 1 is 0.846 bits per heavy atom. The van der Waals surface area contributed by atoms with Gasteiger partial charge in [-0.15, -0.1) is 0 Å². The molecule has 4 heterocycles. The van der Waals surface area contributed by atoms with Crippen LogP contribution in [0.1, 0.15) is 22.7 Å². The van der Waals surface area contributed by atoms with E-state index in [-0.39, 0.29) is 11.9 Å². The molecule has 0 aliphatic carbocycles. The summed E-state index contributed by atoms with van der Waals surface area (Å²) in [6.45, 7) is 2.92. The van der Waals surface area contributed by atoms with E-state index in [1.165, 1.54) is 6.07 Å². The predicted octanol–water partition coefficient (Wildman–Crippen LogP) is 5.46. The number of nitriles is 1. The largest absolute Gasteiger partial charge is 0.353 e. The standard InChI is InChI=1S/C31H26FN7/c32-28-11-5-4-10-26(28)27-17-24(19-35-29(27)22-7-2-1-3-8-22)30(25-20-36-37-21-25)38-13-15-39(16-14-38)31-23(18-33)9-6-12-34-31/h1-12,17,19-21,30H,13-16H2,(H,36,37). The summed E-state index contributed by atoms with van der Waals surface area (Å²) in [6.07, 6.45) is 7.35. The fraction of sp³-hybridized carbons (Fsp3) is 0.161. The Kier molecular flexibility index (Phi) is 6.81. The molecule has 192 valence electrons. The Hall–Kier alpha value is -4.87. The minimum Gasteiger partial charge on any atom is -0.353 e. The van der Waals surface area contributed by atoms with Crippen LogP contribution in [-0.2, 0) is 0 Å². The fourth-order valence-electron chi connectivity index (χ4n) is 5.29. The van der Waals surface area contributed by atoms with Crippen molar-refractivity contribution >= 4 is 5.82 Å². The van der Waals surface area contributed by atoms with E-state index >= 15 is 4.39 Å². The normalized spacial score (nSPS) is 14.6. The van der Waals surface area contributed by atoms with Gasteiger partial charge in [-0.05, 0) is 29.8 Å². The molecule has 1 unspecified atom stereocenters. The van der Waals surface area contributed by atoms with Crippen LogP contribution in [-0.4, -0.2) is 51.2 Å². The lowest BCUT2D eigenvalue weighted by Crippen LogP contribution is -2.48. The lowest BCUT2D eigenvalue weighted by molar-refractivity contribution is 0.211. The number of piperazine rings is 1. The number of aromatic amines is 1. The van der Waals surface area contributed by atoms with Crippen LogP contribution in [0, 0.1) is 17.1 Å². The van der Waals surface area contributed by atoms with Gasteiger partial charge in [-0.2, -0.15) is 10.4 Å². The van der Waals surface area contributed by atoms with Crippen molar-refractivity contribution in [2.24, 2.45) is 0 Å². The van der Waals surface area contributed by atoms with Crippen molar-refractivity contribution in [2.45, 2.75) is 6.04 Å². The number of aromatic nitrogens is 4. The predicted molar refractivity (Wildman–Crippen MR) is 148 cm³/mol. The second-order valence-corrected chi connectivity index (χ2v) is 9.45. The summed E-state index contributed by atoms with van der Waals surface area (Å²) in [5.41, 5.74) is 5.47. The number of hydrogen-bond acceptors (Lipinski definition) is 6. The second-order valence-electron chi connectivity index (χ2n) is 9.45. The molecule has 8 heteroatoms. The lowest BCUT2D eigenvalue weighted by atomic mass is 9.93. The van der Waals surface area contributed by atoms with Crippen molar-refractivity contribution in [3.63, 3.8) is 0 Å². The number of nitrogens with one attached hydrogen (secondary N) is 1.